The van der Waals surface area contributed by atoms with Gasteiger partial charge in [0.05, 0.1) is 19.7 Å². The number of carbonyl (C=O) groups is 1. The topological polar surface area (TPSA) is 113 Å². The van der Waals surface area contributed by atoms with Crippen molar-refractivity contribution in [2.45, 2.75) is 31.8 Å². The number of amides is 1. The lowest BCUT2D eigenvalue weighted by Gasteiger charge is -2.27. The van der Waals surface area contributed by atoms with Gasteiger partial charge in [-0.15, -0.1) is 0 Å². The molecule has 2 heterocycles. The predicted octanol–water partition coefficient (Wildman–Crippen LogP) is 0.991. The Bertz CT molecular complexity index is 784. The number of benzene rings is 1. The summed E-state index contributed by atoms with van der Waals surface area (Å²) >= 11 is 0. The van der Waals surface area contributed by atoms with Crippen LogP contribution in [-0.4, -0.2) is 47.4 Å². The zero-order valence-electron chi connectivity index (χ0n) is 16.0. The Morgan fingerprint density at radius 2 is 2.18 bits per heavy atom. The van der Waals surface area contributed by atoms with Gasteiger partial charge in [-0.05, 0) is 30.5 Å². The van der Waals surface area contributed by atoms with Crippen molar-refractivity contribution in [1.29, 1.82) is 0 Å². The first kappa shape index (κ1) is 20.1. The standard InChI is InChI=1S/C20H27N5O3/c1-28-17-7-3-2-5-15(17)16-6-4-10-25(16)19(26)13-24-20(27)23-12-14-8-9-18(21)22-11-14/h2-3,5,7-9,11,16,20,23-24,27H,4,6,10,12-13H2,1H3,(H2,21,22). The van der Waals surface area contributed by atoms with Gasteiger partial charge in [-0.3, -0.25) is 15.4 Å². The van der Waals surface area contributed by atoms with Crippen LogP contribution in [0.2, 0.25) is 0 Å². The molecular formula is C20H27N5O3. The maximum absolute atomic E-state index is 12.7. The van der Waals surface area contributed by atoms with Crippen LogP contribution in [0, 0.1) is 0 Å². The van der Waals surface area contributed by atoms with Crippen molar-refractivity contribution in [3.8, 4) is 5.75 Å². The molecule has 150 valence electrons. The lowest BCUT2D eigenvalue weighted by Crippen LogP contribution is -2.47. The quantitative estimate of drug-likeness (QED) is 0.501. The van der Waals surface area contributed by atoms with Crippen LogP contribution in [0.3, 0.4) is 0 Å². The second-order valence-electron chi connectivity index (χ2n) is 6.74. The maximum Gasteiger partial charge on any atom is 0.237 e. The molecule has 1 aliphatic heterocycles. The minimum absolute atomic E-state index is 0.00333. The Hall–Kier alpha value is -2.68. The highest BCUT2D eigenvalue weighted by molar-refractivity contribution is 5.79. The highest BCUT2D eigenvalue weighted by Crippen LogP contribution is 2.36. The number of nitrogens with zero attached hydrogens (tertiary/aromatic N) is 2. The number of rotatable bonds is 8. The maximum atomic E-state index is 12.7. The SMILES string of the molecule is COc1ccccc1C1CCCN1C(=O)CNC(O)NCc1ccc(N)nc1. The average Bonchev–Trinajstić information content (AvgIpc) is 3.21. The van der Waals surface area contributed by atoms with Gasteiger partial charge in [0.1, 0.15) is 11.6 Å². The van der Waals surface area contributed by atoms with Gasteiger partial charge in [0, 0.05) is 24.8 Å². The van der Waals surface area contributed by atoms with Crippen molar-refractivity contribution in [3.05, 3.63) is 53.7 Å². The monoisotopic (exact) mass is 385 g/mol. The molecular weight excluding hydrogens is 358 g/mol. The summed E-state index contributed by atoms with van der Waals surface area (Å²) in [6.45, 7) is 1.15. The number of aliphatic hydroxyl groups excluding tert-OH is 1. The Balaban J connectivity index is 1.51. The molecule has 0 bridgehead atoms. The van der Waals surface area contributed by atoms with E-state index in [1.807, 2.05) is 35.2 Å². The fourth-order valence-electron chi connectivity index (χ4n) is 3.44. The number of hydrogen-bond acceptors (Lipinski definition) is 7. The van der Waals surface area contributed by atoms with Crippen LogP contribution in [0.4, 0.5) is 5.82 Å². The summed E-state index contributed by atoms with van der Waals surface area (Å²) < 4.78 is 5.45. The van der Waals surface area contributed by atoms with E-state index in [2.05, 4.69) is 15.6 Å². The molecule has 0 aliphatic carbocycles. The minimum Gasteiger partial charge on any atom is -0.496 e. The molecule has 0 saturated carbocycles. The Morgan fingerprint density at radius 3 is 2.93 bits per heavy atom. The lowest BCUT2D eigenvalue weighted by molar-refractivity contribution is -0.132. The van der Waals surface area contributed by atoms with Gasteiger partial charge in [-0.1, -0.05) is 24.3 Å². The number of aromatic nitrogens is 1. The minimum atomic E-state index is -1.01. The fourth-order valence-corrected chi connectivity index (χ4v) is 3.44. The molecule has 1 amide bonds. The van der Waals surface area contributed by atoms with E-state index in [-0.39, 0.29) is 18.5 Å². The summed E-state index contributed by atoms with van der Waals surface area (Å²) in [5, 5.41) is 15.8. The number of para-hydroxylation sites is 1. The van der Waals surface area contributed by atoms with E-state index < -0.39 is 6.35 Å². The molecule has 0 radical (unpaired) electrons. The van der Waals surface area contributed by atoms with E-state index >= 15 is 0 Å². The van der Waals surface area contributed by atoms with E-state index in [0.717, 1.165) is 29.7 Å². The zero-order valence-corrected chi connectivity index (χ0v) is 16.0. The van der Waals surface area contributed by atoms with Crippen molar-refractivity contribution in [2.75, 3.05) is 25.9 Å². The van der Waals surface area contributed by atoms with Crippen molar-refractivity contribution in [1.82, 2.24) is 20.5 Å². The number of ether oxygens (including phenoxy) is 1. The number of hydrogen-bond donors (Lipinski definition) is 4. The largest absolute Gasteiger partial charge is 0.496 e. The normalized spacial score (nSPS) is 17.5. The summed E-state index contributed by atoms with van der Waals surface area (Å²) in [4.78, 5) is 18.6. The van der Waals surface area contributed by atoms with Crippen LogP contribution in [-0.2, 0) is 11.3 Å². The molecule has 2 aromatic rings. The third-order valence-electron chi connectivity index (χ3n) is 4.86. The summed E-state index contributed by atoms with van der Waals surface area (Å²) in [6, 6.07) is 11.3. The average molecular weight is 385 g/mol. The molecule has 8 nitrogen and oxygen atoms in total. The highest BCUT2D eigenvalue weighted by Gasteiger charge is 2.31. The first-order valence-corrected chi connectivity index (χ1v) is 9.36. The molecule has 1 aromatic heterocycles. The highest BCUT2D eigenvalue weighted by atomic mass is 16.5. The van der Waals surface area contributed by atoms with Crippen LogP contribution in [0.5, 0.6) is 5.75 Å². The number of anilines is 1. The molecule has 2 unspecified atom stereocenters. The van der Waals surface area contributed by atoms with Gasteiger partial charge in [0.25, 0.3) is 0 Å². The number of nitrogen functional groups attached to an aromatic ring is 1. The number of likely N-dealkylation sites (tertiary alicyclic amines) is 1. The first-order valence-electron chi connectivity index (χ1n) is 9.36. The molecule has 5 N–H and O–H groups in total. The van der Waals surface area contributed by atoms with Crippen LogP contribution >= 0.6 is 0 Å². The molecule has 2 atom stereocenters. The third-order valence-corrected chi connectivity index (χ3v) is 4.86. The summed E-state index contributed by atoms with van der Waals surface area (Å²) in [6.07, 6.45) is 2.48. The first-order chi connectivity index (χ1) is 13.6. The van der Waals surface area contributed by atoms with E-state index in [0.29, 0.717) is 18.9 Å². The molecule has 1 saturated heterocycles. The van der Waals surface area contributed by atoms with Gasteiger partial charge in [0.2, 0.25) is 5.91 Å². The van der Waals surface area contributed by atoms with Gasteiger partial charge in [-0.25, -0.2) is 4.98 Å². The van der Waals surface area contributed by atoms with Gasteiger partial charge in [0.15, 0.2) is 6.35 Å². The van der Waals surface area contributed by atoms with Crippen LogP contribution < -0.4 is 21.1 Å². The number of aliphatic hydroxyl groups is 1. The van der Waals surface area contributed by atoms with Crippen molar-refractivity contribution in [2.24, 2.45) is 0 Å². The molecule has 1 aromatic carbocycles. The Kier molecular flexibility index (Phi) is 6.80. The second kappa shape index (κ2) is 9.50. The van der Waals surface area contributed by atoms with Gasteiger partial charge in [-0.2, -0.15) is 0 Å². The van der Waals surface area contributed by atoms with Gasteiger partial charge >= 0.3 is 0 Å². The van der Waals surface area contributed by atoms with E-state index in [4.69, 9.17) is 10.5 Å². The fraction of sp³-hybridized carbons (Fsp3) is 0.400. The van der Waals surface area contributed by atoms with Crippen LogP contribution in [0.1, 0.15) is 30.0 Å². The molecule has 0 spiro atoms. The van der Waals surface area contributed by atoms with E-state index in [1.54, 1.807) is 19.4 Å². The summed E-state index contributed by atoms with van der Waals surface area (Å²) in [5.74, 6) is 1.19. The molecule has 28 heavy (non-hydrogen) atoms. The number of methoxy groups -OCH3 is 1. The molecule has 3 rings (SSSR count). The number of pyridine rings is 1. The predicted molar refractivity (Wildman–Crippen MR) is 106 cm³/mol. The lowest BCUT2D eigenvalue weighted by atomic mass is 10.0. The van der Waals surface area contributed by atoms with E-state index in [1.165, 1.54) is 0 Å². The number of nitrogens with two attached hydrogens (primary N) is 1. The smallest absolute Gasteiger partial charge is 0.237 e. The number of nitrogens with one attached hydrogen (secondary N) is 2. The van der Waals surface area contributed by atoms with Crippen LogP contribution in [0.25, 0.3) is 0 Å². The summed E-state index contributed by atoms with van der Waals surface area (Å²) in [5.41, 5.74) is 7.46. The third kappa shape index (κ3) is 4.98. The van der Waals surface area contributed by atoms with E-state index in [9.17, 15) is 9.90 Å². The van der Waals surface area contributed by atoms with Crippen molar-refractivity contribution < 1.29 is 14.6 Å². The summed E-state index contributed by atoms with van der Waals surface area (Å²) in [7, 11) is 1.64. The molecule has 1 aliphatic rings. The van der Waals surface area contributed by atoms with Gasteiger partial charge < -0.3 is 20.5 Å². The van der Waals surface area contributed by atoms with Crippen molar-refractivity contribution >= 4 is 11.7 Å². The van der Waals surface area contributed by atoms with Crippen molar-refractivity contribution in [3.63, 3.8) is 0 Å². The molecule has 8 heteroatoms. The number of carbonyl (C=O) groups excluding carboxylic acids is 1. The van der Waals surface area contributed by atoms with Crippen LogP contribution in [0.15, 0.2) is 42.6 Å². The Morgan fingerprint density at radius 1 is 1.36 bits per heavy atom. The zero-order chi connectivity index (χ0) is 19.9. The second-order valence-corrected chi connectivity index (χ2v) is 6.74. The molecule has 1 fully saturated rings. The Labute approximate surface area is 164 Å².